The molecule has 0 saturated heterocycles. The molecule has 21 heavy (non-hydrogen) atoms. The number of hydrogen-bond donors (Lipinski definition) is 2. The Morgan fingerprint density at radius 1 is 1.29 bits per heavy atom. The summed E-state index contributed by atoms with van der Waals surface area (Å²) in [7, 11) is -3.85. The fraction of sp³-hybridized carbons (Fsp3) is 0.571. The molecule has 7 heteroatoms. The summed E-state index contributed by atoms with van der Waals surface area (Å²) in [6, 6.07) is 3.25. The summed E-state index contributed by atoms with van der Waals surface area (Å²) in [5.74, 6) is -0.430. The number of aliphatic hydroxyl groups is 1. The topological polar surface area (TPSA) is 66.4 Å². The summed E-state index contributed by atoms with van der Waals surface area (Å²) in [4.78, 5) is -0.250. The van der Waals surface area contributed by atoms with Gasteiger partial charge in [0.05, 0.1) is 5.02 Å². The lowest BCUT2D eigenvalue weighted by Gasteiger charge is -2.30. The van der Waals surface area contributed by atoms with E-state index in [0.717, 1.165) is 37.8 Å². The molecule has 1 aromatic rings. The summed E-state index contributed by atoms with van der Waals surface area (Å²) >= 11 is 5.83. The minimum absolute atomic E-state index is 0.00810. The molecule has 0 bridgehead atoms. The van der Waals surface area contributed by atoms with Crippen LogP contribution in [0.5, 0.6) is 0 Å². The van der Waals surface area contributed by atoms with Gasteiger partial charge in [-0.25, -0.2) is 17.5 Å². The Labute approximate surface area is 129 Å². The first-order valence-electron chi connectivity index (χ1n) is 6.99. The summed E-state index contributed by atoms with van der Waals surface area (Å²) in [5, 5.41) is 9.33. The van der Waals surface area contributed by atoms with Crippen LogP contribution in [0.25, 0.3) is 0 Å². The zero-order valence-electron chi connectivity index (χ0n) is 11.6. The lowest BCUT2D eigenvalue weighted by molar-refractivity contribution is 0.136. The Balaban J connectivity index is 2.09. The second-order valence-electron chi connectivity index (χ2n) is 5.41. The van der Waals surface area contributed by atoms with E-state index in [9.17, 15) is 17.9 Å². The third-order valence-corrected chi connectivity index (χ3v) is 5.92. The Bertz CT molecular complexity index is 594. The first kappa shape index (κ1) is 16.7. The minimum atomic E-state index is -3.85. The lowest BCUT2D eigenvalue weighted by atomic mass is 9.80. The van der Waals surface area contributed by atoms with Gasteiger partial charge >= 0.3 is 0 Å². The van der Waals surface area contributed by atoms with Crippen LogP contribution in [-0.2, 0) is 10.0 Å². The Kier molecular flexibility index (Phi) is 5.60. The monoisotopic (exact) mass is 335 g/mol. The van der Waals surface area contributed by atoms with Crippen molar-refractivity contribution in [1.29, 1.82) is 0 Å². The van der Waals surface area contributed by atoms with Crippen molar-refractivity contribution in [2.24, 2.45) is 11.8 Å². The van der Waals surface area contributed by atoms with Gasteiger partial charge in [-0.2, -0.15) is 0 Å². The molecule has 2 N–H and O–H groups in total. The zero-order valence-corrected chi connectivity index (χ0v) is 13.1. The number of sulfonamides is 1. The Morgan fingerprint density at radius 2 is 1.95 bits per heavy atom. The van der Waals surface area contributed by atoms with Crippen molar-refractivity contribution in [3.8, 4) is 0 Å². The van der Waals surface area contributed by atoms with Crippen LogP contribution < -0.4 is 4.72 Å². The lowest BCUT2D eigenvalue weighted by Crippen LogP contribution is -2.35. The highest BCUT2D eigenvalue weighted by atomic mass is 35.5. The molecule has 1 aromatic carbocycles. The van der Waals surface area contributed by atoms with E-state index in [0.29, 0.717) is 0 Å². The Morgan fingerprint density at radius 3 is 2.62 bits per heavy atom. The second-order valence-corrected chi connectivity index (χ2v) is 7.56. The maximum Gasteiger partial charge on any atom is 0.242 e. The molecule has 1 aliphatic rings. The van der Waals surface area contributed by atoms with E-state index in [4.69, 9.17) is 11.6 Å². The smallest absolute Gasteiger partial charge is 0.242 e. The number of hydrogen-bond acceptors (Lipinski definition) is 3. The number of halogens is 2. The minimum Gasteiger partial charge on any atom is -0.396 e. The van der Waals surface area contributed by atoms with Crippen LogP contribution in [0, 0.1) is 17.7 Å². The molecule has 1 saturated carbocycles. The third kappa shape index (κ3) is 4.16. The number of aliphatic hydroxyl groups excluding tert-OH is 1. The van der Waals surface area contributed by atoms with Crippen LogP contribution in [0.3, 0.4) is 0 Å². The van der Waals surface area contributed by atoms with Gasteiger partial charge < -0.3 is 5.11 Å². The van der Waals surface area contributed by atoms with Gasteiger partial charge in [0.15, 0.2) is 0 Å². The maximum absolute atomic E-state index is 13.2. The number of nitrogens with one attached hydrogen (secondary N) is 1. The van der Waals surface area contributed by atoms with Gasteiger partial charge in [0.25, 0.3) is 0 Å². The Hall–Kier alpha value is -0.690. The number of benzene rings is 1. The average molecular weight is 336 g/mol. The van der Waals surface area contributed by atoms with Crippen molar-refractivity contribution >= 4 is 21.6 Å². The van der Waals surface area contributed by atoms with E-state index in [2.05, 4.69) is 4.72 Å². The number of rotatable bonds is 5. The van der Waals surface area contributed by atoms with Crippen molar-refractivity contribution < 1.29 is 17.9 Å². The molecule has 1 fully saturated rings. The summed E-state index contributed by atoms with van der Waals surface area (Å²) < 4.78 is 40.1. The van der Waals surface area contributed by atoms with Crippen LogP contribution in [0.4, 0.5) is 4.39 Å². The molecule has 0 spiro atoms. The summed E-state index contributed by atoms with van der Waals surface area (Å²) in [5.41, 5.74) is 0. The molecule has 2 rings (SSSR count). The zero-order chi connectivity index (χ0) is 15.5. The molecule has 2 unspecified atom stereocenters. The highest BCUT2D eigenvalue weighted by Gasteiger charge is 2.27. The van der Waals surface area contributed by atoms with Gasteiger partial charge in [0.2, 0.25) is 10.0 Å². The van der Waals surface area contributed by atoms with Gasteiger partial charge in [-0.15, -0.1) is 0 Å². The van der Waals surface area contributed by atoms with Crippen LogP contribution in [0.2, 0.25) is 5.02 Å². The molecule has 0 radical (unpaired) electrons. The summed E-state index contributed by atoms with van der Waals surface area (Å²) in [6.07, 6.45) is 3.88. The largest absolute Gasteiger partial charge is 0.396 e. The SMILES string of the molecule is O=S(=O)(NCC1CCCCC1CO)c1cc(F)ccc1Cl. The predicted octanol–water partition coefficient (Wildman–Crippen LogP) is 2.56. The van der Waals surface area contributed by atoms with Crippen LogP contribution >= 0.6 is 11.6 Å². The molecule has 118 valence electrons. The first-order valence-corrected chi connectivity index (χ1v) is 8.85. The fourth-order valence-corrected chi connectivity index (χ4v) is 4.37. The molecule has 0 amide bonds. The van der Waals surface area contributed by atoms with Gasteiger partial charge in [0.1, 0.15) is 10.7 Å². The third-order valence-electron chi connectivity index (χ3n) is 4.02. The highest BCUT2D eigenvalue weighted by molar-refractivity contribution is 7.89. The van der Waals surface area contributed by atoms with Crippen molar-refractivity contribution in [3.05, 3.63) is 29.0 Å². The molecular formula is C14H19ClFNO3S. The molecular weight excluding hydrogens is 317 g/mol. The van der Waals surface area contributed by atoms with E-state index < -0.39 is 15.8 Å². The van der Waals surface area contributed by atoms with E-state index in [1.54, 1.807) is 0 Å². The van der Waals surface area contributed by atoms with Crippen LogP contribution in [0.15, 0.2) is 23.1 Å². The molecule has 0 aromatic heterocycles. The highest BCUT2D eigenvalue weighted by Crippen LogP contribution is 2.30. The van der Waals surface area contributed by atoms with Gasteiger partial charge in [-0.05, 0) is 42.9 Å². The van der Waals surface area contributed by atoms with Crippen molar-refractivity contribution in [1.82, 2.24) is 4.72 Å². The van der Waals surface area contributed by atoms with Gasteiger partial charge in [0, 0.05) is 13.2 Å². The predicted molar refractivity (Wildman–Crippen MR) is 79.1 cm³/mol. The van der Waals surface area contributed by atoms with E-state index in [1.807, 2.05) is 0 Å². The average Bonchev–Trinajstić information content (AvgIpc) is 2.48. The first-order chi connectivity index (χ1) is 9.94. The van der Waals surface area contributed by atoms with Gasteiger partial charge in [-0.1, -0.05) is 24.4 Å². The van der Waals surface area contributed by atoms with E-state index >= 15 is 0 Å². The van der Waals surface area contributed by atoms with Crippen molar-refractivity contribution in [2.75, 3.05) is 13.2 Å². The van der Waals surface area contributed by atoms with Gasteiger partial charge in [-0.3, -0.25) is 0 Å². The molecule has 0 aliphatic heterocycles. The normalized spacial score (nSPS) is 23.2. The van der Waals surface area contributed by atoms with Crippen LogP contribution in [-0.4, -0.2) is 26.7 Å². The maximum atomic E-state index is 13.2. The molecule has 2 atom stereocenters. The summed E-state index contributed by atoms with van der Waals surface area (Å²) in [6.45, 7) is 0.299. The quantitative estimate of drug-likeness (QED) is 0.869. The standard InChI is InChI=1S/C14H19ClFNO3S/c15-13-6-5-12(16)7-14(13)21(19,20)17-8-10-3-1-2-4-11(10)9-18/h5-7,10-11,17-18H,1-4,8-9H2. The van der Waals surface area contributed by atoms with E-state index in [-0.39, 0.29) is 34.9 Å². The van der Waals surface area contributed by atoms with E-state index in [1.165, 1.54) is 6.07 Å². The van der Waals surface area contributed by atoms with Crippen molar-refractivity contribution in [3.63, 3.8) is 0 Å². The second kappa shape index (κ2) is 7.05. The molecule has 1 aliphatic carbocycles. The fourth-order valence-electron chi connectivity index (χ4n) is 2.77. The molecule has 4 nitrogen and oxygen atoms in total. The van der Waals surface area contributed by atoms with Crippen molar-refractivity contribution in [2.45, 2.75) is 30.6 Å². The van der Waals surface area contributed by atoms with Crippen LogP contribution in [0.1, 0.15) is 25.7 Å². The molecule has 0 heterocycles.